The van der Waals surface area contributed by atoms with Gasteiger partial charge in [0, 0.05) is 12.6 Å². The quantitative estimate of drug-likeness (QED) is 0.603. The molecule has 1 fully saturated rings. The lowest BCUT2D eigenvalue weighted by atomic mass is 10.2. The second kappa shape index (κ2) is 9.98. The van der Waals surface area contributed by atoms with E-state index in [0.717, 1.165) is 18.7 Å². The van der Waals surface area contributed by atoms with Gasteiger partial charge in [-0.3, -0.25) is 4.79 Å². The Bertz CT molecular complexity index is 1070. The summed E-state index contributed by atoms with van der Waals surface area (Å²) in [6, 6.07) is 12.5. The van der Waals surface area contributed by atoms with Crippen molar-refractivity contribution < 1.29 is 19.0 Å². The highest BCUT2D eigenvalue weighted by Gasteiger charge is 2.15. The molecule has 0 saturated carbocycles. The molecule has 2 aromatic carbocycles. The Balaban J connectivity index is 1.40. The maximum Gasteiger partial charge on any atom is 0.235 e. The maximum absolute atomic E-state index is 12.8. The van der Waals surface area contributed by atoms with Crippen molar-refractivity contribution in [3.05, 3.63) is 64.5 Å². The van der Waals surface area contributed by atoms with Gasteiger partial charge in [-0.25, -0.2) is 0 Å². The summed E-state index contributed by atoms with van der Waals surface area (Å²) in [7, 11) is 0. The summed E-state index contributed by atoms with van der Waals surface area (Å²) in [4.78, 5) is 15.1. The summed E-state index contributed by atoms with van der Waals surface area (Å²) < 4.78 is 17.1. The monoisotopic (exact) mass is 423 g/mol. The maximum atomic E-state index is 12.8. The average Bonchev–Trinajstić information content (AvgIpc) is 3.03. The van der Waals surface area contributed by atoms with Gasteiger partial charge in [0.15, 0.2) is 0 Å². The van der Waals surface area contributed by atoms with E-state index in [4.69, 9.17) is 13.9 Å². The third-order valence-corrected chi connectivity index (χ3v) is 5.54. The Morgan fingerprint density at radius 2 is 1.87 bits per heavy atom. The zero-order valence-corrected chi connectivity index (χ0v) is 17.9. The molecule has 1 atom stereocenters. The fourth-order valence-corrected chi connectivity index (χ4v) is 3.92. The standard InChI is InChI=1S/C25H29NO5/c1-18-7-6-8-21(13-18)31-24-17-30-23-14-20(9-10-22(23)25(24)28)29-16-19(27)15-26-11-4-2-3-5-12-26/h6-10,13-14,17,19,27H,2-5,11-12,15-16H2,1H3/t19-/m1/s1. The number of ether oxygens (including phenoxy) is 2. The van der Waals surface area contributed by atoms with E-state index in [9.17, 15) is 9.90 Å². The molecule has 3 aromatic rings. The van der Waals surface area contributed by atoms with Crippen molar-refractivity contribution in [3.8, 4) is 17.2 Å². The summed E-state index contributed by atoms with van der Waals surface area (Å²) >= 11 is 0. The van der Waals surface area contributed by atoms with Crippen LogP contribution < -0.4 is 14.9 Å². The van der Waals surface area contributed by atoms with Gasteiger partial charge in [0.05, 0.1) is 5.39 Å². The Morgan fingerprint density at radius 1 is 1.06 bits per heavy atom. The Kier molecular flexibility index (Phi) is 6.89. The highest BCUT2D eigenvalue weighted by atomic mass is 16.5. The van der Waals surface area contributed by atoms with Crippen LogP contribution in [0.5, 0.6) is 17.2 Å². The molecule has 0 spiro atoms. The van der Waals surface area contributed by atoms with Gasteiger partial charge in [-0.15, -0.1) is 0 Å². The van der Waals surface area contributed by atoms with Crippen LogP contribution in [0.2, 0.25) is 0 Å². The largest absolute Gasteiger partial charge is 0.491 e. The number of likely N-dealkylation sites (tertiary alicyclic amines) is 1. The van der Waals surface area contributed by atoms with Crippen LogP contribution in [0.3, 0.4) is 0 Å². The molecule has 31 heavy (non-hydrogen) atoms. The van der Waals surface area contributed by atoms with Crippen molar-refractivity contribution in [2.24, 2.45) is 0 Å². The zero-order chi connectivity index (χ0) is 21.6. The fraction of sp³-hybridized carbons (Fsp3) is 0.400. The SMILES string of the molecule is Cc1cccc(Oc2coc3cc(OC[C@H](O)CN4CCCCCC4)ccc3c2=O)c1. The van der Waals surface area contributed by atoms with Gasteiger partial charge >= 0.3 is 0 Å². The summed E-state index contributed by atoms with van der Waals surface area (Å²) in [6.45, 7) is 4.83. The van der Waals surface area contributed by atoms with E-state index in [1.54, 1.807) is 24.3 Å². The highest BCUT2D eigenvalue weighted by Crippen LogP contribution is 2.24. The lowest BCUT2D eigenvalue weighted by Crippen LogP contribution is -2.36. The molecule has 6 heteroatoms. The molecular weight excluding hydrogens is 394 g/mol. The Morgan fingerprint density at radius 3 is 2.65 bits per heavy atom. The van der Waals surface area contributed by atoms with Gasteiger partial charge in [0.1, 0.15) is 36.1 Å². The molecule has 2 heterocycles. The number of fused-ring (bicyclic) bond motifs is 1. The fourth-order valence-electron chi connectivity index (χ4n) is 3.92. The van der Waals surface area contributed by atoms with Crippen LogP contribution in [-0.4, -0.2) is 42.4 Å². The topological polar surface area (TPSA) is 72.1 Å². The molecule has 164 valence electrons. The number of aliphatic hydroxyl groups excluding tert-OH is 1. The van der Waals surface area contributed by atoms with Crippen LogP contribution in [0.15, 0.2) is 57.9 Å². The first-order chi connectivity index (χ1) is 15.1. The number of nitrogens with zero attached hydrogens (tertiary/aromatic N) is 1. The minimum absolute atomic E-state index is 0.139. The van der Waals surface area contributed by atoms with Gasteiger partial charge in [-0.05, 0) is 62.7 Å². The van der Waals surface area contributed by atoms with Gasteiger partial charge in [0.25, 0.3) is 0 Å². The third kappa shape index (κ3) is 5.66. The molecule has 1 aromatic heterocycles. The van der Waals surface area contributed by atoms with Gasteiger partial charge < -0.3 is 23.9 Å². The molecule has 0 bridgehead atoms. The van der Waals surface area contributed by atoms with Gasteiger partial charge in [0.2, 0.25) is 11.2 Å². The minimum atomic E-state index is -0.564. The molecule has 4 rings (SSSR count). The molecule has 6 nitrogen and oxygen atoms in total. The van der Waals surface area contributed by atoms with E-state index in [1.165, 1.54) is 31.9 Å². The van der Waals surface area contributed by atoms with E-state index < -0.39 is 6.10 Å². The summed E-state index contributed by atoms with van der Waals surface area (Å²) in [5.74, 6) is 1.28. The molecule has 0 aliphatic carbocycles. The zero-order valence-electron chi connectivity index (χ0n) is 17.9. The van der Waals surface area contributed by atoms with E-state index in [2.05, 4.69) is 4.90 Å². The second-order valence-electron chi connectivity index (χ2n) is 8.19. The number of β-amino-alcohol motifs (C(OH)–C–C–N with tert-alkyl or cyclic N) is 1. The Hall–Kier alpha value is -2.83. The van der Waals surface area contributed by atoms with E-state index >= 15 is 0 Å². The molecule has 1 saturated heterocycles. The van der Waals surface area contributed by atoms with Crippen molar-refractivity contribution >= 4 is 11.0 Å². The summed E-state index contributed by atoms with van der Waals surface area (Å²) in [5.41, 5.74) is 1.22. The number of hydrogen-bond donors (Lipinski definition) is 1. The highest BCUT2D eigenvalue weighted by molar-refractivity contribution is 5.79. The minimum Gasteiger partial charge on any atom is -0.491 e. The molecule has 1 aliphatic heterocycles. The van der Waals surface area contributed by atoms with Crippen molar-refractivity contribution in [3.63, 3.8) is 0 Å². The lowest BCUT2D eigenvalue weighted by molar-refractivity contribution is 0.0694. The summed E-state index contributed by atoms with van der Waals surface area (Å²) in [6.07, 6.45) is 5.67. The van der Waals surface area contributed by atoms with Crippen molar-refractivity contribution in [2.75, 3.05) is 26.2 Å². The number of benzene rings is 2. The van der Waals surface area contributed by atoms with Crippen molar-refractivity contribution in [1.29, 1.82) is 0 Å². The average molecular weight is 424 g/mol. The van der Waals surface area contributed by atoms with Gasteiger partial charge in [-0.2, -0.15) is 0 Å². The molecular formula is C25H29NO5. The van der Waals surface area contributed by atoms with Crippen molar-refractivity contribution in [1.82, 2.24) is 4.90 Å². The first kappa shape index (κ1) is 21.4. The molecule has 0 unspecified atom stereocenters. The van der Waals surface area contributed by atoms with Crippen LogP contribution in [0.25, 0.3) is 11.0 Å². The second-order valence-corrected chi connectivity index (χ2v) is 8.19. The normalized spacial score (nSPS) is 16.1. The van der Waals surface area contributed by atoms with Crippen LogP contribution in [0, 0.1) is 6.92 Å². The van der Waals surface area contributed by atoms with E-state index in [1.807, 2.05) is 25.1 Å². The molecule has 1 aliphatic rings. The lowest BCUT2D eigenvalue weighted by Gasteiger charge is -2.23. The van der Waals surface area contributed by atoms with Crippen LogP contribution in [0.4, 0.5) is 0 Å². The first-order valence-corrected chi connectivity index (χ1v) is 10.9. The molecule has 0 radical (unpaired) electrons. The molecule has 1 N–H and O–H groups in total. The van der Waals surface area contributed by atoms with Crippen molar-refractivity contribution in [2.45, 2.75) is 38.7 Å². The van der Waals surface area contributed by atoms with Crippen LogP contribution in [-0.2, 0) is 0 Å². The number of hydrogen-bond acceptors (Lipinski definition) is 6. The number of aryl methyl sites for hydroxylation is 1. The number of aliphatic hydroxyl groups is 1. The van der Waals surface area contributed by atoms with Crippen LogP contribution in [0.1, 0.15) is 31.2 Å². The first-order valence-electron chi connectivity index (χ1n) is 10.9. The molecule has 0 amide bonds. The predicted molar refractivity (Wildman–Crippen MR) is 120 cm³/mol. The summed E-state index contributed by atoms with van der Waals surface area (Å²) in [5, 5.41) is 10.8. The smallest absolute Gasteiger partial charge is 0.235 e. The Labute approximate surface area is 182 Å². The van der Waals surface area contributed by atoms with E-state index in [0.29, 0.717) is 29.0 Å². The third-order valence-electron chi connectivity index (χ3n) is 5.54. The number of rotatable bonds is 7. The predicted octanol–water partition coefficient (Wildman–Crippen LogP) is 4.51. The van der Waals surface area contributed by atoms with Crippen LogP contribution >= 0.6 is 0 Å². The van der Waals surface area contributed by atoms with Gasteiger partial charge in [-0.1, -0.05) is 25.0 Å². The van der Waals surface area contributed by atoms with E-state index in [-0.39, 0.29) is 17.8 Å².